The van der Waals surface area contributed by atoms with E-state index in [9.17, 15) is 4.79 Å². The molecule has 12 heavy (non-hydrogen) atoms. The zero-order valence-electron chi connectivity index (χ0n) is 6.79. The summed E-state index contributed by atoms with van der Waals surface area (Å²) in [6.07, 6.45) is 1.87. The molecule has 0 saturated carbocycles. The summed E-state index contributed by atoms with van der Waals surface area (Å²) in [7, 11) is 0. The minimum absolute atomic E-state index is 0.0406. The van der Waals surface area contributed by atoms with Crippen LogP contribution in [0, 0.1) is 0 Å². The molecule has 2 rings (SSSR count). The van der Waals surface area contributed by atoms with E-state index < -0.39 is 0 Å². The summed E-state index contributed by atoms with van der Waals surface area (Å²) in [4.78, 5) is 11.0. The highest BCUT2D eigenvalue weighted by Gasteiger charge is 2.25. The maximum atomic E-state index is 11.0. The Hall–Kier alpha value is -1.31. The minimum atomic E-state index is -0.194. The maximum Gasteiger partial charge on any atom is 0.224 e. The molecule has 2 nitrogen and oxygen atoms in total. The molecule has 2 N–H and O–H groups in total. The molecule has 2 heteroatoms. The van der Waals surface area contributed by atoms with Gasteiger partial charge in [0.15, 0.2) is 0 Å². The van der Waals surface area contributed by atoms with E-state index in [1.165, 1.54) is 5.56 Å². The Morgan fingerprint density at radius 3 is 2.92 bits per heavy atom. The Balaban J connectivity index is 2.42. The van der Waals surface area contributed by atoms with Crippen molar-refractivity contribution in [2.75, 3.05) is 0 Å². The summed E-state index contributed by atoms with van der Waals surface area (Å²) in [6.45, 7) is 0. The lowest BCUT2D eigenvalue weighted by Gasteiger charge is -2.05. The first-order valence-electron chi connectivity index (χ1n) is 4.16. The van der Waals surface area contributed by atoms with Crippen molar-refractivity contribution in [3.8, 4) is 0 Å². The predicted octanol–water partition coefficient (Wildman–Crippen LogP) is 1.20. The molecule has 0 fully saturated rings. The SMILES string of the molecule is NC(=O)C1CCc2ccccc21. The largest absolute Gasteiger partial charge is 0.369 e. The van der Waals surface area contributed by atoms with Gasteiger partial charge in [-0.15, -0.1) is 0 Å². The molecule has 1 aliphatic carbocycles. The average molecular weight is 161 g/mol. The van der Waals surface area contributed by atoms with Crippen molar-refractivity contribution in [3.05, 3.63) is 35.4 Å². The third kappa shape index (κ3) is 0.998. The van der Waals surface area contributed by atoms with Crippen LogP contribution in [0.1, 0.15) is 23.5 Å². The summed E-state index contributed by atoms with van der Waals surface area (Å²) in [6, 6.07) is 8.03. The van der Waals surface area contributed by atoms with Crippen molar-refractivity contribution in [1.82, 2.24) is 0 Å². The van der Waals surface area contributed by atoms with Gasteiger partial charge < -0.3 is 5.73 Å². The van der Waals surface area contributed by atoms with Gasteiger partial charge in [-0.25, -0.2) is 0 Å². The number of rotatable bonds is 1. The zero-order chi connectivity index (χ0) is 8.55. The van der Waals surface area contributed by atoms with Crippen molar-refractivity contribution in [3.63, 3.8) is 0 Å². The number of carbonyl (C=O) groups excluding carboxylic acids is 1. The molecule has 0 saturated heterocycles. The third-order valence-electron chi connectivity index (χ3n) is 2.48. The van der Waals surface area contributed by atoms with Crippen LogP contribution < -0.4 is 5.73 Å². The number of hydrogen-bond donors (Lipinski definition) is 1. The van der Waals surface area contributed by atoms with Gasteiger partial charge in [0, 0.05) is 0 Å². The topological polar surface area (TPSA) is 43.1 Å². The van der Waals surface area contributed by atoms with Gasteiger partial charge in [0.25, 0.3) is 0 Å². The molecule has 0 radical (unpaired) electrons. The normalized spacial score (nSPS) is 20.5. The van der Waals surface area contributed by atoms with E-state index in [-0.39, 0.29) is 11.8 Å². The minimum Gasteiger partial charge on any atom is -0.369 e. The standard InChI is InChI=1S/C10H11NO/c11-10(12)9-6-5-7-3-1-2-4-8(7)9/h1-4,9H,5-6H2,(H2,11,12). The van der Waals surface area contributed by atoms with Crippen molar-refractivity contribution in [2.24, 2.45) is 5.73 Å². The second-order valence-corrected chi connectivity index (χ2v) is 3.19. The molecular weight excluding hydrogens is 150 g/mol. The Kier molecular flexibility index (Phi) is 1.61. The van der Waals surface area contributed by atoms with Gasteiger partial charge in [-0.2, -0.15) is 0 Å². The second-order valence-electron chi connectivity index (χ2n) is 3.19. The smallest absolute Gasteiger partial charge is 0.224 e. The monoisotopic (exact) mass is 161 g/mol. The summed E-state index contributed by atoms with van der Waals surface area (Å²) in [5.41, 5.74) is 7.68. The fourth-order valence-electron chi connectivity index (χ4n) is 1.85. The number of nitrogens with two attached hydrogens (primary N) is 1. The van der Waals surface area contributed by atoms with E-state index in [0.29, 0.717) is 0 Å². The molecule has 0 aromatic heterocycles. The van der Waals surface area contributed by atoms with Crippen molar-refractivity contribution >= 4 is 5.91 Å². The van der Waals surface area contributed by atoms with E-state index in [1.54, 1.807) is 0 Å². The quantitative estimate of drug-likeness (QED) is 0.660. The molecule has 0 spiro atoms. The van der Waals surface area contributed by atoms with Crippen LogP contribution in [0.15, 0.2) is 24.3 Å². The number of fused-ring (bicyclic) bond motifs is 1. The lowest BCUT2D eigenvalue weighted by atomic mass is 10.0. The van der Waals surface area contributed by atoms with Gasteiger partial charge in [0.05, 0.1) is 5.92 Å². The van der Waals surface area contributed by atoms with Gasteiger partial charge in [-0.05, 0) is 24.0 Å². The van der Waals surface area contributed by atoms with Crippen molar-refractivity contribution < 1.29 is 4.79 Å². The van der Waals surface area contributed by atoms with Crippen LogP contribution in [-0.4, -0.2) is 5.91 Å². The van der Waals surface area contributed by atoms with Crippen LogP contribution in [0.5, 0.6) is 0 Å². The molecule has 0 aliphatic heterocycles. The number of aryl methyl sites for hydroxylation is 1. The summed E-state index contributed by atoms with van der Waals surface area (Å²) in [5, 5.41) is 0. The molecule has 0 heterocycles. The first-order chi connectivity index (χ1) is 5.79. The Morgan fingerprint density at radius 1 is 1.42 bits per heavy atom. The van der Waals surface area contributed by atoms with E-state index >= 15 is 0 Å². The first-order valence-corrected chi connectivity index (χ1v) is 4.16. The third-order valence-corrected chi connectivity index (χ3v) is 2.48. The van der Waals surface area contributed by atoms with Gasteiger partial charge in [-0.1, -0.05) is 24.3 Å². The summed E-state index contributed by atoms with van der Waals surface area (Å²) < 4.78 is 0. The first kappa shape index (κ1) is 7.35. The number of benzene rings is 1. The highest BCUT2D eigenvalue weighted by atomic mass is 16.1. The highest BCUT2D eigenvalue weighted by molar-refractivity contribution is 5.83. The fourth-order valence-corrected chi connectivity index (χ4v) is 1.85. The Morgan fingerprint density at radius 2 is 2.17 bits per heavy atom. The van der Waals surface area contributed by atoms with Gasteiger partial charge >= 0.3 is 0 Å². The van der Waals surface area contributed by atoms with Crippen LogP contribution in [0.25, 0.3) is 0 Å². The Bertz CT molecular complexity index is 319. The van der Waals surface area contributed by atoms with Gasteiger partial charge in [0.1, 0.15) is 0 Å². The van der Waals surface area contributed by atoms with E-state index in [4.69, 9.17) is 5.73 Å². The zero-order valence-corrected chi connectivity index (χ0v) is 6.79. The van der Waals surface area contributed by atoms with Gasteiger partial charge in [-0.3, -0.25) is 4.79 Å². The molecule has 0 bridgehead atoms. The van der Waals surface area contributed by atoms with Crippen LogP contribution in [-0.2, 0) is 11.2 Å². The van der Waals surface area contributed by atoms with Crippen LogP contribution in [0.2, 0.25) is 0 Å². The number of hydrogen-bond acceptors (Lipinski definition) is 1. The molecule has 1 atom stereocenters. The predicted molar refractivity (Wildman–Crippen MR) is 46.7 cm³/mol. The van der Waals surface area contributed by atoms with Crippen LogP contribution in [0.3, 0.4) is 0 Å². The molecule has 1 aromatic carbocycles. The fraction of sp³-hybridized carbons (Fsp3) is 0.300. The van der Waals surface area contributed by atoms with E-state index in [2.05, 4.69) is 6.07 Å². The molecule has 1 aromatic rings. The van der Waals surface area contributed by atoms with E-state index in [0.717, 1.165) is 18.4 Å². The van der Waals surface area contributed by atoms with Crippen molar-refractivity contribution in [2.45, 2.75) is 18.8 Å². The van der Waals surface area contributed by atoms with E-state index in [1.807, 2.05) is 18.2 Å². The van der Waals surface area contributed by atoms with Crippen LogP contribution in [0.4, 0.5) is 0 Å². The Labute approximate surface area is 71.4 Å². The number of amides is 1. The lowest BCUT2D eigenvalue weighted by molar-refractivity contribution is -0.119. The molecule has 62 valence electrons. The number of primary amides is 1. The average Bonchev–Trinajstić information content (AvgIpc) is 2.47. The van der Waals surface area contributed by atoms with Crippen molar-refractivity contribution in [1.29, 1.82) is 0 Å². The molecule has 1 aliphatic rings. The molecular formula is C10H11NO. The maximum absolute atomic E-state index is 11.0. The lowest BCUT2D eigenvalue weighted by Crippen LogP contribution is -2.19. The second kappa shape index (κ2) is 2.63. The van der Waals surface area contributed by atoms with Crippen LogP contribution >= 0.6 is 0 Å². The summed E-state index contributed by atoms with van der Waals surface area (Å²) >= 11 is 0. The molecule has 1 unspecified atom stereocenters. The highest BCUT2D eigenvalue weighted by Crippen LogP contribution is 2.32. The molecule has 1 amide bonds. The van der Waals surface area contributed by atoms with Gasteiger partial charge in [0.2, 0.25) is 5.91 Å². The number of carbonyl (C=O) groups is 1. The summed E-state index contributed by atoms with van der Waals surface area (Å²) in [5.74, 6) is -0.235.